The van der Waals surface area contributed by atoms with Crippen molar-refractivity contribution in [2.45, 2.75) is 38.4 Å². The van der Waals surface area contributed by atoms with Crippen molar-refractivity contribution in [1.82, 2.24) is 4.90 Å². The standard InChI is InChI=1S/C17H25NO3/c1-2-18-8-9-20-15(11-18)12-21-14-7-6-13-4-3-5-17(19)16(13)10-14/h6-7,10,15,17,19H,2-5,8-9,11-12H2,1H3. The summed E-state index contributed by atoms with van der Waals surface area (Å²) in [6, 6.07) is 6.10. The number of ether oxygens (including phenoxy) is 2. The molecule has 0 bridgehead atoms. The van der Waals surface area contributed by atoms with Gasteiger partial charge in [0.15, 0.2) is 0 Å². The predicted molar refractivity (Wildman–Crippen MR) is 81.7 cm³/mol. The lowest BCUT2D eigenvalue weighted by Crippen LogP contribution is -2.44. The number of aliphatic hydroxyl groups is 1. The van der Waals surface area contributed by atoms with E-state index < -0.39 is 0 Å². The molecule has 1 fully saturated rings. The van der Waals surface area contributed by atoms with E-state index in [-0.39, 0.29) is 12.2 Å². The van der Waals surface area contributed by atoms with E-state index in [0.29, 0.717) is 6.61 Å². The van der Waals surface area contributed by atoms with Gasteiger partial charge in [0.1, 0.15) is 18.5 Å². The Morgan fingerprint density at radius 3 is 3.19 bits per heavy atom. The molecule has 1 N–H and O–H groups in total. The normalized spacial score (nSPS) is 26.4. The maximum atomic E-state index is 10.1. The fourth-order valence-electron chi connectivity index (χ4n) is 3.20. The van der Waals surface area contributed by atoms with Gasteiger partial charge in [0.25, 0.3) is 0 Å². The highest BCUT2D eigenvalue weighted by Gasteiger charge is 2.21. The van der Waals surface area contributed by atoms with E-state index in [9.17, 15) is 5.11 Å². The third kappa shape index (κ3) is 3.57. The highest BCUT2D eigenvalue weighted by atomic mass is 16.5. The monoisotopic (exact) mass is 291 g/mol. The molecule has 0 radical (unpaired) electrons. The van der Waals surface area contributed by atoms with Gasteiger partial charge in [-0.3, -0.25) is 4.90 Å². The van der Waals surface area contributed by atoms with Crippen molar-refractivity contribution < 1.29 is 14.6 Å². The number of hydrogen-bond donors (Lipinski definition) is 1. The van der Waals surface area contributed by atoms with Gasteiger partial charge in [-0.2, -0.15) is 0 Å². The molecule has 2 unspecified atom stereocenters. The van der Waals surface area contributed by atoms with Gasteiger partial charge in [0.05, 0.1) is 12.7 Å². The predicted octanol–water partition coefficient (Wildman–Crippen LogP) is 2.16. The van der Waals surface area contributed by atoms with Gasteiger partial charge in [-0.05, 0) is 49.1 Å². The SMILES string of the molecule is CCN1CCOC(COc2ccc3c(c2)C(O)CCC3)C1. The van der Waals surface area contributed by atoms with E-state index in [2.05, 4.69) is 17.9 Å². The van der Waals surface area contributed by atoms with Crippen LogP contribution in [0.25, 0.3) is 0 Å². The summed E-state index contributed by atoms with van der Waals surface area (Å²) >= 11 is 0. The zero-order valence-electron chi connectivity index (χ0n) is 12.8. The van der Waals surface area contributed by atoms with Crippen LogP contribution < -0.4 is 4.74 Å². The lowest BCUT2D eigenvalue weighted by molar-refractivity contribution is -0.0464. The van der Waals surface area contributed by atoms with E-state index in [1.807, 2.05) is 12.1 Å². The molecular formula is C17H25NO3. The van der Waals surface area contributed by atoms with Crippen LogP contribution in [0.3, 0.4) is 0 Å². The minimum atomic E-state index is -0.334. The quantitative estimate of drug-likeness (QED) is 0.923. The molecule has 0 spiro atoms. The van der Waals surface area contributed by atoms with Crippen LogP contribution in [0.15, 0.2) is 18.2 Å². The Bertz CT molecular complexity index is 477. The Morgan fingerprint density at radius 1 is 1.43 bits per heavy atom. The molecule has 2 atom stereocenters. The number of rotatable bonds is 4. The molecule has 1 saturated heterocycles. The van der Waals surface area contributed by atoms with E-state index in [0.717, 1.165) is 56.8 Å². The maximum Gasteiger partial charge on any atom is 0.119 e. The smallest absolute Gasteiger partial charge is 0.119 e. The van der Waals surface area contributed by atoms with Crippen LogP contribution in [0.5, 0.6) is 5.75 Å². The number of fused-ring (bicyclic) bond motifs is 1. The van der Waals surface area contributed by atoms with Crippen LogP contribution in [0.4, 0.5) is 0 Å². The van der Waals surface area contributed by atoms with Crippen molar-refractivity contribution in [2.75, 3.05) is 32.8 Å². The van der Waals surface area contributed by atoms with Gasteiger partial charge < -0.3 is 14.6 Å². The van der Waals surface area contributed by atoms with Crippen molar-refractivity contribution >= 4 is 0 Å². The largest absolute Gasteiger partial charge is 0.491 e. The number of benzene rings is 1. The Hall–Kier alpha value is -1.10. The highest BCUT2D eigenvalue weighted by Crippen LogP contribution is 2.32. The van der Waals surface area contributed by atoms with E-state index in [4.69, 9.17) is 9.47 Å². The topological polar surface area (TPSA) is 41.9 Å². The lowest BCUT2D eigenvalue weighted by Gasteiger charge is -2.32. The first kappa shape index (κ1) is 14.8. The number of aryl methyl sites for hydroxylation is 1. The third-order valence-corrected chi connectivity index (χ3v) is 4.51. The minimum Gasteiger partial charge on any atom is -0.491 e. The number of aliphatic hydroxyl groups excluding tert-OH is 1. The molecule has 0 aromatic heterocycles. The van der Waals surface area contributed by atoms with E-state index >= 15 is 0 Å². The minimum absolute atomic E-state index is 0.139. The molecule has 0 amide bonds. The summed E-state index contributed by atoms with van der Waals surface area (Å²) in [4.78, 5) is 2.38. The maximum absolute atomic E-state index is 10.1. The summed E-state index contributed by atoms with van der Waals surface area (Å²) in [5.41, 5.74) is 2.30. The molecule has 1 aromatic rings. The number of nitrogens with zero attached hydrogens (tertiary/aromatic N) is 1. The molecule has 116 valence electrons. The van der Waals surface area contributed by atoms with Crippen molar-refractivity contribution in [3.8, 4) is 5.75 Å². The molecule has 4 heteroatoms. The van der Waals surface area contributed by atoms with E-state index in [1.165, 1.54) is 5.56 Å². The van der Waals surface area contributed by atoms with Gasteiger partial charge in [-0.25, -0.2) is 0 Å². The van der Waals surface area contributed by atoms with Crippen molar-refractivity contribution in [3.63, 3.8) is 0 Å². The average Bonchev–Trinajstić information content (AvgIpc) is 2.54. The van der Waals surface area contributed by atoms with Crippen LogP contribution in [-0.4, -0.2) is 49.0 Å². The second-order valence-corrected chi connectivity index (χ2v) is 5.97. The van der Waals surface area contributed by atoms with Crippen LogP contribution in [0.1, 0.15) is 37.0 Å². The molecule has 1 aliphatic heterocycles. The summed E-state index contributed by atoms with van der Waals surface area (Å²) in [5, 5.41) is 10.1. The number of likely N-dealkylation sites (N-methyl/N-ethyl adjacent to an activating group) is 1. The van der Waals surface area contributed by atoms with Gasteiger partial charge in [-0.1, -0.05) is 13.0 Å². The molecule has 1 heterocycles. The molecule has 1 aromatic carbocycles. The van der Waals surface area contributed by atoms with Crippen molar-refractivity contribution in [1.29, 1.82) is 0 Å². The van der Waals surface area contributed by atoms with Crippen LogP contribution in [-0.2, 0) is 11.2 Å². The summed E-state index contributed by atoms with van der Waals surface area (Å²) in [7, 11) is 0. The average molecular weight is 291 g/mol. The second kappa shape index (κ2) is 6.77. The van der Waals surface area contributed by atoms with Gasteiger partial charge in [-0.15, -0.1) is 0 Å². The molecule has 21 heavy (non-hydrogen) atoms. The first-order valence-electron chi connectivity index (χ1n) is 8.04. The molecule has 0 saturated carbocycles. The zero-order chi connectivity index (χ0) is 14.7. The fraction of sp³-hybridized carbons (Fsp3) is 0.647. The molecule has 2 aliphatic rings. The van der Waals surface area contributed by atoms with Crippen molar-refractivity contribution in [2.24, 2.45) is 0 Å². The van der Waals surface area contributed by atoms with Gasteiger partial charge in [0, 0.05) is 13.1 Å². The van der Waals surface area contributed by atoms with Gasteiger partial charge >= 0.3 is 0 Å². The second-order valence-electron chi connectivity index (χ2n) is 5.97. The third-order valence-electron chi connectivity index (χ3n) is 4.51. The number of hydrogen-bond acceptors (Lipinski definition) is 4. The summed E-state index contributed by atoms with van der Waals surface area (Å²) in [6.07, 6.45) is 2.78. The van der Waals surface area contributed by atoms with Crippen molar-refractivity contribution in [3.05, 3.63) is 29.3 Å². The molecular weight excluding hydrogens is 266 g/mol. The summed E-state index contributed by atoms with van der Waals surface area (Å²) in [5.74, 6) is 0.840. The Balaban J connectivity index is 1.59. The van der Waals surface area contributed by atoms with Crippen LogP contribution >= 0.6 is 0 Å². The molecule has 4 nitrogen and oxygen atoms in total. The Labute approximate surface area is 126 Å². The molecule has 1 aliphatic carbocycles. The molecule has 3 rings (SSSR count). The lowest BCUT2D eigenvalue weighted by atomic mass is 9.89. The number of morpholine rings is 1. The first-order chi connectivity index (χ1) is 10.3. The summed E-state index contributed by atoms with van der Waals surface area (Å²) < 4.78 is 11.6. The summed E-state index contributed by atoms with van der Waals surface area (Å²) in [6.45, 7) is 6.54. The zero-order valence-corrected chi connectivity index (χ0v) is 12.8. The highest BCUT2D eigenvalue weighted by molar-refractivity contribution is 5.38. The van der Waals surface area contributed by atoms with Crippen LogP contribution in [0.2, 0.25) is 0 Å². The van der Waals surface area contributed by atoms with E-state index in [1.54, 1.807) is 0 Å². The van der Waals surface area contributed by atoms with Crippen LogP contribution in [0, 0.1) is 0 Å². The Kier molecular flexibility index (Phi) is 4.78. The fourth-order valence-corrected chi connectivity index (χ4v) is 3.20. The van der Waals surface area contributed by atoms with Gasteiger partial charge in [0.2, 0.25) is 0 Å². The first-order valence-corrected chi connectivity index (χ1v) is 8.04. The Morgan fingerprint density at radius 2 is 2.33 bits per heavy atom.